The van der Waals surface area contributed by atoms with E-state index >= 15 is 0 Å². The normalized spacial score (nSPS) is 17.8. The Morgan fingerprint density at radius 2 is 2.13 bits per heavy atom. The highest BCUT2D eigenvalue weighted by Gasteiger charge is 2.33. The Morgan fingerprint density at radius 3 is 2.82 bits per heavy atom. The van der Waals surface area contributed by atoms with Crippen LogP contribution in [0.4, 0.5) is 28.9 Å². The molecule has 0 saturated carbocycles. The number of ether oxygens (including phenoxy) is 1. The quantitative estimate of drug-likeness (QED) is 0.227. The van der Waals surface area contributed by atoms with Crippen molar-refractivity contribution in [3.63, 3.8) is 0 Å². The van der Waals surface area contributed by atoms with Crippen molar-refractivity contribution in [3.05, 3.63) is 42.0 Å². The van der Waals surface area contributed by atoms with Gasteiger partial charge in [0.1, 0.15) is 28.3 Å². The Hall–Kier alpha value is -3.70. The molecule has 14 heteroatoms. The predicted molar refractivity (Wildman–Crippen MR) is 141 cm³/mol. The third kappa shape index (κ3) is 6.85. The SMILES string of the molecule is CNC(=O)c1cc(OC)c(NCC#Cc2nc3c(NC4CCN(C)CC4F)cccn3c2SC(F)(F)F)cn1. The van der Waals surface area contributed by atoms with Crippen LogP contribution >= 0.6 is 11.8 Å². The molecule has 2 atom stereocenters. The average molecular weight is 566 g/mol. The number of halogens is 4. The molecule has 1 aliphatic rings. The van der Waals surface area contributed by atoms with Crippen molar-refractivity contribution in [1.82, 2.24) is 24.6 Å². The number of carbonyl (C=O) groups is 1. The van der Waals surface area contributed by atoms with Gasteiger partial charge < -0.3 is 25.6 Å². The van der Waals surface area contributed by atoms with E-state index in [1.54, 1.807) is 12.1 Å². The third-order valence-electron chi connectivity index (χ3n) is 6.02. The fraction of sp³-hybridized carbons (Fsp3) is 0.400. The van der Waals surface area contributed by atoms with Gasteiger partial charge in [-0.3, -0.25) is 9.20 Å². The van der Waals surface area contributed by atoms with Crippen molar-refractivity contribution in [3.8, 4) is 17.6 Å². The molecule has 0 spiro atoms. The first-order valence-corrected chi connectivity index (χ1v) is 12.8. The number of nitrogens with zero attached hydrogens (tertiary/aromatic N) is 4. The molecule has 208 valence electrons. The highest BCUT2D eigenvalue weighted by atomic mass is 32.2. The Bertz CT molecular complexity index is 1400. The van der Waals surface area contributed by atoms with Crippen LogP contribution in [0.5, 0.6) is 5.75 Å². The standard InChI is InChI=1S/C25H27F4N7O2S/c1-30-23(37)19-12-21(38-3)20(13-32-19)31-9-4-6-18-24(39-25(27,28)29)36-10-5-7-17(22(36)34-18)33-16-8-11-35(2)14-15(16)26/h5,7,10,12-13,15-16,31,33H,8-9,11,14H2,1-3H3,(H,30,37). The van der Waals surface area contributed by atoms with Crippen LogP contribution in [0.1, 0.15) is 22.6 Å². The van der Waals surface area contributed by atoms with Crippen molar-refractivity contribution in [2.24, 2.45) is 0 Å². The van der Waals surface area contributed by atoms with Crippen molar-refractivity contribution < 1.29 is 27.1 Å². The van der Waals surface area contributed by atoms with Gasteiger partial charge >= 0.3 is 5.51 Å². The fourth-order valence-corrected chi connectivity index (χ4v) is 4.78. The summed E-state index contributed by atoms with van der Waals surface area (Å²) in [6.07, 6.45) is 2.28. The van der Waals surface area contributed by atoms with E-state index in [0.717, 1.165) is 0 Å². The minimum atomic E-state index is -4.57. The van der Waals surface area contributed by atoms with Crippen molar-refractivity contribution in [2.75, 3.05) is 51.5 Å². The second-order valence-corrected chi connectivity index (χ2v) is 9.80. The van der Waals surface area contributed by atoms with E-state index in [-0.39, 0.29) is 52.8 Å². The zero-order valence-corrected chi connectivity index (χ0v) is 22.2. The number of pyridine rings is 2. The fourth-order valence-electron chi connectivity index (χ4n) is 4.12. The Morgan fingerprint density at radius 1 is 1.33 bits per heavy atom. The number of amides is 1. The summed E-state index contributed by atoms with van der Waals surface area (Å²) in [5, 5.41) is 8.39. The van der Waals surface area contributed by atoms with Crippen molar-refractivity contribution in [2.45, 2.75) is 29.2 Å². The number of anilines is 2. The van der Waals surface area contributed by atoms with Gasteiger partial charge in [-0.05, 0) is 31.5 Å². The largest absolute Gasteiger partial charge is 0.494 e. The number of aromatic nitrogens is 3. The van der Waals surface area contributed by atoms with E-state index in [0.29, 0.717) is 30.1 Å². The molecular weight excluding hydrogens is 538 g/mol. The summed E-state index contributed by atoms with van der Waals surface area (Å²) >= 11 is -0.313. The number of fused-ring (bicyclic) bond motifs is 1. The summed E-state index contributed by atoms with van der Waals surface area (Å²) in [4.78, 5) is 22.1. The topological polar surface area (TPSA) is 95.8 Å². The van der Waals surface area contributed by atoms with E-state index in [1.165, 1.54) is 37.0 Å². The van der Waals surface area contributed by atoms with Crippen LogP contribution < -0.4 is 20.7 Å². The lowest BCUT2D eigenvalue weighted by Gasteiger charge is -2.33. The molecule has 0 radical (unpaired) electrons. The first-order valence-electron chi connectivity index (χ1n) is 11.9. The van der Waals surface area contributed by atoms with E-state index < -0.39 is 17.7 Å². The minimum Gasteiger partial charge on any atom is -0.494 e. The maximum absolute atomic E-state index is 14.6. The molecule has 2 unspecified atom stereocenters. The minimum absolute atomic E-state index is 0.0333. The molecule has 1 amide bonds. The second-order valence-electron chi connectivity index (χ2n) is 8.75. The van der Waals surface area contributed by atoms with Crippen molar-refractivity contribution >= 4 is 34.7 Å². The third-order valence-corrected chi connectivity index (χ3v) is 6.84. The van der Waals surface area contributed by atoms with Crippen LogP contribution in [0.2, 0.25) is 0 Å². The number of alkyl halides is 4. The Balaban J connectivity index is 1.59. The number of hydrogen-bond acceptors (Lipinski definition) is 8. The first kappa shape index (κ1) is 28.3. The zero-order chi connectivity index (χ0) is 28.2. The van der Waals surface area contributed by atoms with Crippen LogP contribution in [0, 0.1) is 11.8 Å². The molecule has 4 heterocycles. The number of carbonyl (C=O) groups excluding carboxylic acids is 1. The molecule has 1 fully saturated rings. The van der Waals surface area contributed by atoms with Crippen LogP contribution in [0.25, 0.3) is 5.65 Å². The number of methoxy groups -OCH3 is 1. The average Bonchev–Trinajstić information content (AvgIpc) is 3.24. The van der Waals surface area contributed by atoms with Gasteiger partial charge in [0.05, 0.1) is 37.3 Å². The number of imidazole rings is 1. The van der Waals surface area contributed by atoms with E-state index in [4.69, 9.17) is 4.74 Å². The molecule has 3 aromatic rings. The highest BCUT2D eigenvalue weighted by Crippen LogP contribution is 2.39. The van der Waals surface area contributed by atoms with E-state index in [2.05, 4.69) is 37.8 Å². The maximum atomic E-state index is 14.6. The molecular formula is C25H27F4N7O2S. The number of piperidine rings is 1. The summed E-state index contributed by atoms with van der Waals surface area (Å²) in [6.45, 7) is 0.998. The molecule has 1 aliphatic heterocycles. The van der Waals surface area contributed by atoms with Gasteiger partial charge in [0, 0.05) is 44.2 Å². The van der Waals surface area contributed by atoms with Gasteiger partial charge in [0.25, 0.3) is 5.91 Å². The molecule has 0 aromatic carbocycles. The summed E-state index contributed by atoms with van der Waals surface area (Å²) in [5.41, 5.74) is -3.37. The zero-order valence-electron chi connectivity index (χ0n) is 21.4. The molecule has 0 bridgehead atoms. The van der Waals surface area contributed by atoms with E-state index in [9.17, 15) is 22.4 Å². The molecule has 0 aliphatic carbocycles. The molecule has 1 saturated heterocycles. The summed E-state index contributed by atoms with van der Waals surface area (Å²) in [7, 11) is 4.75. The maximum Gasteiger partial charge on any atom is 0.447 e. The number of hydrogen-bond donors (Lipinski definition) is 3. The number of rotatable bonds is 7. The van der Waals surface area contributed by atoms with Gasteiger partial charge in [-0.1, -0.05) is 5.92 Å². The molecule has 4 rings (SSSR count). The second kappa shape index (κ2) is 12.0. The lowest BCUT2D eigenvalue weighted by Crippen LogP contribution is -2.46. The highest BCUT2D eigenvalue weighted by molar-refractivity contribution is 8.00. The number of likely N-dealkylation sites (tertiary alicyclic amines) is 1. The predicted octanol–water partition coefficient (Wildman–Crippen LogP) is 3.63. The molecule has 39 heavy (non-hydrogen) atoms. The summed E-state index contributed by atoms with van der Waals surface area (Å²) in [6, 6.07) is 4.21. The summed E-state index contributed by atoms with van der Waals surface area (Å²) in [5.74, 6) is 5.47. The van der Waals surface area contributed by atoms with Crippen LogP contribution in [0.3, 0.4) is 0 Å². The molecule has 3 N–H and O–H groups in total. The number of nitrogens with one attached hydrogen (secondary N) is 3. The monoisotopic (exact) mass is 565 g/mol. The Labute approximate surface area is 226 Å². The molecule has 3 aromatic heterocycles. The van der Waals surface area contributed by atoms with Gasteiger partial charge in [0.2, 0.25) is 0 Å². The van der Waals surface area contributed by atoms with Crippen LogP contribution in [0.15, 0.2) is 35.6 Å². The summed E-state index contributed by atoms with van der Waals surface area (Å²) < 4.78 is 61.5. The Kier molecular flexibility index (Phi) is 8.71. The van der Waals surface area contributed by atoms with Crippen LogP contribution in [-0.4, -0.2) is 83.7 Å². The lowest BCUT2D eigenvalue weighted by molar-refractivity contribution is -0.0330. The van der Waals surface area contributed by atoms with Crippen LogP contribution in [-0.2, 0) is 0 Å². The number of thioether (sulfide) groups is 1. The van der Waals surface area contributed by atoms with Gasteiger partial charge in [-0.15, -0.1) is 0 Å². The van der Waals surface area contributed by atoms with E-state index in [1.807, 2.05) is 11.9 Å². The van der Waals surface area contributed by atoms with Gasteiger partial charge in [-0.25, -0.2) is 14.4 Å². The van der Waals surface area contributed by atoms with Gasteiger partial charge in [0.15, 0.2) is 5.65 Å². The molecule has 9 nitrogen and oxygen atoms in total. The van der Waals surface area contributed by atoms with Gasteiger partial charge in [-0.2, -0.15) is 13.2 Å². The first-order chi connectivity index (χ1) is 18.6. The van der Waals surface area contributed by atoms with Crippen molar-refractivity contribution in [1.29, 1.82) is 0 Å². The lowest BCUT2D eigenvalue weighted by atomic mass is 10.0. The smallest absolute Gasteiger partial charge is 0.447 e.